The lowest BCUT2D eigenvalue weighted by Gasteiger charge is -1.88. The van der Waals surface area contributed by atoms with Gasteiger partial charge in [0.1, 0.15) is 0 Å². The molecule has 2 aromatic rings. The van der Waals surface area contributed by atoms with Crippen LogP contribution >= 0.6 is 0 Å². The molecule has 0 aliphatic rings. The van der Waals surface area contributed by atoms with E-state index in [0.29, 0.717) is 5.69 Å². The number of rotatable bonds is 2. The lowest BCUT2D eigenvalue weighted by Crippen LogP contribution is -2.37. The van der Waals surface area contributed by atoms with Crippen LogP contribution < -0.4 is 10.6 Å². The molecular formula is C7H5N4O4+. The van der Waals surface area contributed by atoms with Crippen molar-refractivity contribution in [2.45, 2.75) is 0 Å². The molecule has 0 saturated heterocycles. The molecule has 0 spiro atoms. The molecule has 0 saturated carbocycles. The minimum absolute atomic E-state index is 0.0369. The lowest BCUT2D eigenvalue weighted by molar-refractivity contribution is -0.725. The molecule has 15 heavy (non-hydrogen) atoms. The first kappa shape index (κ1) is 9.06. The van der Waals surface area contributed by atoms with Gasteiger partial charge in [-0.05, 0) is 0 Å². The quantitative estimate of drug-likeness (QED) is 0.409. The van der Waals surface area contributed by atoms with Crippen LogP contribution in [0.5, 0.6) is 0 Å². The monoisotopic (exact) mass is 209 g/mol. The number of nitrogens with zero attached hydrogens (tertiary/aromatic N) is 3. The molecule has 0 aliphatic carbocycles. The number of aromatic amines is 1. The maximum absolute atomic E-state index is 10.6. The number of hydrogen-bond donors (Lipinski definition) is 1. The molecule has 8 heteroatoms. The number of hydrogen-bond acceptors (Lipinski definition) is 5. The maximum Gasteiger partial charge on any atom is 0.493 e. The zero-order valence-corrected chi connectivity index (χ0v) is 7.28. The second-order valence-corrected chi connectivity index (χ2v) is 2.66. The molecule has 2 rings (SSSR count). The Morgan fingerprint density at radius 2 is 2.07 bits per heavy atom. The normalized spacial score (nSPS) is 10.1. The molecule has 76 valence electrons. The van der Waals surface area contributed by atoms with E-state index in [-0.39, 0.29) is 5.69 Å². The van der Waals surface area contributed by atoms with E-state index in [9.17, 15) is 14.9 Å². The van der Waals surface area contributed by atoms with E-state index < -0.39 is 10.7 Å². The fraction of sp³-hybridized carbons (Fsp3) is 0. The van der Waals surface area contributed by atoms with Crippen LogP contribution in [0.2, 0.25) is 0 Å². The number of H-pyrrole nitrogens is 1. The van der Waals surface area contributed by atoms with Gasteiger partial charge in [0.25, 0.3) is 11.4 Å². The van der Waals surface area contributed by atoms with Gasteiger partial charge in [-0.25, -0.2) is 9.32 Å². The van der Waals surface area contributed by atoms with Crippen LogP contribution in [-0.4, -0.2) is 15.3 Å². The van der Waals surface area contributed by atoms with Crippen LogP contribution in [0.3, 0.4) is 0 Å². The number of benzene rings is 1. The van der Waals surface area contributed by atoms with Gasteiger partial charge in [-0.15, -0.1) is 0 Å². The summed E-state index contributed by atoms with van der Waals surface area (Å²) in [5.74, 6) is -0.701. The highest BCUT2D eigenvalue weighted by atomic mass is 16.6. The Morgan fingerprint density at radius 1 is 1.40 bits per heavy atom. The van der Waals surface area contributed by atoms with E-state index in [2.05, 4.69) is 14.9 Å². The van der Waals surface area contributed by atoms with E-state index >= 15 is 0 Å². The summed E-state index contributed by atoms with van der Waals surface area (Å²) < 4.78 is 4.26. The van der Waals surface area contributed by atoms with Crippen LogP contribution in [0.4, 0.5) is 5.69 Å². The van der Waals surface area contributed by atoms with Gasteiger partial charge in [0.15, 0.2) is 0 Å². The topological polar surface area (TPSA) is 106 Å². The minimum Gasteiger partial charge on any atom is -0.258 e. The summed E-state index contributed by atoms with van der Waals surface area (Å²) in [5, 5.41) is 16.0. The molecule has 1 heterocycles. The molecule has 0 bridgehead atoms. The number of nitrogens with one attached hydrogen (secondary N) is 1. The molecule has 8 nitrogen and oxygen atoms in total. The summed E-state index contributed by atoms with van der Waals surface area (Å²) in [7, 11) is 0. The average Bonchev–Trinajstić information content (AvgIpc) is 2.65. The van der Waals surface area contributed by atoms with Gasteiger partial charge in [-0.3, -0.25) is 10.1 Å². The summed E-state index contributed by atoms with van der Waals surface area (Å²) in [4.78, 5) is 21.5. The first-order chi connectivity index (χ1) is 7.16. The van der Waals surface area contributed by atoms with Gasteiger partial charge in [0.05, 0.1) is 9.72 Å². The van der Waals surface area contributed by atoms with Crippen molar-refractivity contribution in [3.8, 4) is 5.69 Å². The van der Waals surface area contributed by atoms with Crippen molar-refractivity contribution in [1.29, 1.82) is 0 Å². The second kappa shape index (κ2) is 3.33. The summed E-state index contributed by atoms with van der Waals surface area (Å²) in [6.45, 7) is 0. The summed E-state index contributed by atoms with van der Waals surface area (Å²) in [6, 6.07) is 5.48. The van der Waals surface area contributed by atoms with Gasteiger partial charge in [0.2, 0.25) is 5.27 Å². The Bertz CT molecular complexity index is 541. The lowest BCUT2D eigenvalue weighted by atomic mass is 10.3. The molecule has 1 aromatic carbocycles. The molecule has 0 radical (unpaired) electrons. The highest BCUT2D eigenvalue weighted by molar-refractivity contribution is 5.35. The Balaban J connectivity index is 2.39. The van der Waals surface area contributed by atoms with E-state index in [1.807, 2.05) is 0 Å². The van der Waals surface area contributed by atoms with Crippen LogP contribution in [0, 0.1) is 10.1 Å². The van der Waals surface area contributed by atoms with Crippen molar-refractivity contribution in [3.05, 3.63) is 44.9 Å². The molecular weight excluding hydrogens is 204 g/mol. The Kier molecular flexibility index (Phi) is 2.01. The number of aromatic nitrogens is 3. The standard InChI is InChI=1S/C7H4N4O4/c12-7-8-10(9-15-7)5-1-3-6(4-2-5)11(13)14/h1-4H/p+1. The van der Waals surface area contributed by atoms with Gasteiger partial charge >= 0.3 is 5.76 Å². The zero-order chi connectivity index (χ0) is 10.8. The van der Waals surface area contributed by atoms with E-state index in [1.165, 1.54) is 24.3 Å². The molecule has 0 atom stereocenters. The molecule has 0 unspecified atom stereocenters. The summed E-state index contributed by atoms with van der Waals surface area (Å²) in [5.41, 5.74) is 0.427. The zero-order valence-electron chi connectivity index (χ0n) is 7.28. The maximum atomic E-state index is 10.6. The third kappa shape index (κ3) is 1.73. The van der Waals surface area contributed by atoms with Crippen LogP contribution in [-0.2, 0) is 0 Å². The second-order valence-electron chi connectivity index (χ2n) is 2.66. The van der Waals surface area contributed by atoms with Gasteiger partial charge in [-0.1, -0.05) is 5.10 Å². The number of non-ortho nitro benzene ring substituents is 1. The van der Waals surface area contributed by atoms with E-state index in [0.717, 1.165) is 4.80 Å². The average molecular weight is 209 g/mol. The molecule has 0 fully saturated rings. The third-order valence-corrected chi connectivity index (χ3v) is 1.71. The Morgan fingerprint density at radius 3 is 2.53 bits per heavy atom. The van der Waals surface area contributed by atoms with Crippen molar-refractivity contribution in [2.75, 3.05) is 0 Å². The first-order valence-electron chi connectivity index (χ1n) is 3.90. The Hall–Kier alpha value is -2.51. The van der Waals surface area contributed by atoms with Gasteiger partial charge < -0.3 is 0 Å². The smallest absolute Gasteiger partial charge is 0.258 e. The van der Waals surface area contributed by atoms with Crippen molar-refractivity contribution in [2.24, 2.45) is 0 Å². The Labute approximate surface area is 81.9 Å². The van der Waals surface area contributed by atoms with Crippen molar-refractivity contribution in [3.63, 3.8) is 0 Å². The van der Waals surface area contributed by atoms with Crippen molar-refractivity contribution in [1.82, 2.24) is 10.4 Å². The number of nitro groups is 1. The van der Waals surface area contributed by atoms with Crippen LogP contribution in [0.15, 0.2) is 33.6 Å². The van der Waals surface area contributed by atoms with Crippen LogP contribution in [0.25, 0.3) is 5.69 Å². The fourth-order valence-electron chi connectivity index (χ4n) is 1.03. The largest absolute Gasteiger partial charge is 0.493 e. The van der Waals surface area contributed by atoms with Crippen molar-refractivity contribution >= 4 is 5.69 Å². The highest BCUT2D eigenvalue weighted by Crippen LogP contribution is 2.10. The third-order valence-electron chi connectivity index (χ3n) is 1.71. The molecule has 0 aliphatic heterocycles. The first-order valence-corrected chi connectivity index (χ1v) is 3.90. The summed E-state index contributed by atoms with van der Waals surface area (Å²) in [6.07, 6.45) is 0. The number of nitro benzene ring substituents is 1. The van der Waals surface area contributed by atoms with Gasteiger partial charge in [0, 0.05) is 24.3 Å². The molecule has 0 amide bonds. The van der Waals surface area contributed by atoms with E-state index in [4.69, 9.17) is 0 Å². The van der Waals surface area contributed by atoms with Crippen molar-refractivity contribution < 1.29 is 14.2 Å². The van der Waals surface area contributed by atoms with Crippen LogP contribution in [0.1, 0.15) is 0 Å². The highest BCUT2D eigenvalue weighted by Gasteiger charge is 2.14. The minimum atomic E-state index is -0.701. The van der Waals surface area contributed by atoms with E-state index in [1.54, 1.807) is 0 Å². The SMILES string of the molecule is O=c1[nH][n+](-c2ccc([N+](=O)[O-])cc2)no1. The molecule has 1 aromatic heterocycles. The summed E-state index contributed by atoms with van der Waals surface area (Å²) >= 11 is 0. The fourth-order valence-corrected chi connectivity index (χ4v) is 1.03. The molecule has 1 N–H and O–H groups in total. The predicted molar refractivity (Wildman–Crippen MR) is 45.3 cm³/mol. The predicted octanol–water partition coefficient (Wildman–Crippen LogP) is -0.452. The van der Waals surface area contributed by atoms with Gasteiger partial charge in [-0.2, -0.15) is 0 Å².